The van der Waals surface area contributed by atoms with Gasteiger partial charge in [-0.05, 0) is 35.4 Å². The van der Waals surface area contributed by atoms with Gasteiger partial charge in [0.2, 0.25) is 0 Å². The molecule has 0 aromatic heterocycles. The first kappa shape index (κ1) is 11.6. The van der Waals surface area contributed by atoms with E-state index in [9.17, 15) is 4.39 Å². The molecule has 0 fully saturated rings. The Labute approximate surface area is 100 Å². The molecule has 0 radical (unpaired) electrons. The van der Waals surface area contributed by atoms with E-state index in [0.29, 0.717) is 0 Å². The van der Waals surface area contributed by atoms with Gasteiger partial charge in [-0.1, -0.05) is 24.3 Å². The molecule has 0 spiro atoms. The van der Waals surface area contributed by atoms with Crippen molar-refractivity contribution in [2.75, 3.05) is 12.4 Å². The Hall–Kier alpha value is -1.87. The lowest BCUT2D eigenvalue weighted by Gasteiger charge is -2.13. The summed E-state index contributed by atoms with van der Waals surface area (Å²) in [6, 6.07) is 13.9. The van der Waals surface area contributed by atoms with Gasteiger partial charge in [-0.2, -0.15) is 0 Å². The van der Waals surface area contributed by atoms with Crippen molar-refractivity contribution in [2.45, 2.75) is 6.04 Å². The summed E-state index contributed by atoms with van der Waals surface area (Å²) in [4.78, 5) is 0. The van der Waals surface area contributed by atoms with Gasteiger partial charge >= 0.3 is 0 Å². The Morgan fingerprint density at radius 1 is 0.941 bits per heavy atom. The van der Waals surface area contributed by atoms with E-state index in [0.717, 1.165) is 16.8 Å². The lowest BCUT2D eigenvalue weighted by Crippen LogP contribution is -2.11. The maximum atomic E-state index is 12.8. The normalized spacial score (nSPS) is 12.2. The number of anilines is 1. The van der Waals surface area contributed by atoms with E-state index in [2.05, 4.69) is 5.32 Å². The first-order chi connectivity index (χ1) is 8.20. The molecule has 0 saturated carbocycles. The first-order valence-electron chi connectivity index (χ1n) is 5.49. The molecule has 2 nitrogen and oxygen atoms in total. The van der Waals surface area contributed by atoms with Gasteiger partial charge in [0.05, 0.1) is 6.04 Å². The first-order valence-corrected chi connectivity index (χ1v) is 5.49. The zero-order valence-electron chi connectivity index (χ0n) is 9.65. The highest BCUT2D eigenvalue weighted by atomic mass is 19.1. The van der Waals surface area contributed by atoms with E-state index in [1.54, 1.807) is 12.1 Å². The zero-order chi connectivity index (χ0) is 12.3. The molecule has 0 aliphatic rings. The van der Waals surface area contributed by atoms with Crippen LogP contribution in [0.25, 0.3) is 0 Å². The second kappa shape index (κ2) is 4.97. The Morgan fingerprint density at radius 2 is 1.41 bits per heavy atom. The number of hydrogen-bond acceptors (Lipinski definition) is 2. The molecule has 1 atom stereocenters. The van der Waals surface area contributed by atoms with Gasteiger partial charge in [0.15, 0.2) is 0 Å². The van der Waals surface area contributed by atoms with Crippen LogP contribution in [0.4, 0.5) is 10.1 Å². The summed E-state index contributed by atoms with van der Waals surface area (Å²) in [6.07, 6.45) is 0. The molecule has 3 heteroatoms. The van der Waals surface area contributed by atoms with Crippen molar-refractivity contribution in [3.63, 3.8) is 0 Å². The van der Waals surface area contributed by atoms with E-state index in [-0.39, 0.29) is 11.9 Å². The van der Waals surface area contributed by atoms with Gasteiger partial charge in [-0.15, -0.1) is 0 Å². The fourth-order valence-electron chi connectivity index (χ4n) is 1.72. The van der Waals surface area contributed by atoms with Gasteiger partial charge in [0.25, 0.3) is 0 Å². The molecule has 0 aliphatic carbocycles. The Kier molecular flexibility index (Phi) is 3.40. The summed E-state index contributed by atoms with van der Waals surface area (Å²) < 4.78 is 12.8. The number of halogens is 1. The van der Waals surface area contributed by atoms with Crippen LogP contribution >= 0.6 is 0 Å². The predicted octanol–water partition coefficient (Wildman–Crippen LogP) is 2.92. The second-order valence-corrected chi connectivity index (χ2v) is 3.90. The van der Waals surface area contributed by atoms with Gasteiger partial charge in [0, 0.05) is 12.7 Å². The van der Waals surface area contributed by atoms with Crippen LogP contribution in [0, 0.1) is 5.82 Å². The van der Waals surface area contributed by atoms with Crippen LogP contribution in [0.1, 0.15) is 17.2 Å². The van der Waals surface area contributed by atoms with E-state index in [4.69, 9.17) is 5.73 Å². The molecule has 17 heavy (non-hydrogen) atoms. The largest absolute Gasteiger partial charge is 0.388 e. The third-order valence-corrected chi connectivity index (χ3v) is 2.79. The van der Waals surface area contributed by atoms with Crippen LogP contribution in [-0.2, 0) is 0 Å². The summed E-state index contributed by atoms with van der Waals surface area (Å²) in [5, 5.41) is 3.05. The monoisotopic (exact) mass is 230 g/mol. The molecule has 2 rings (SSSR count). The maximum Gasteiger partial charge on any atom is 0.123 e. The quantitative estimate of drug-likeness (QED) is 0.850. The van der Waals surface area contributed by atoms with Crippen molar-refractivity contribution in [3.8, 4) is 0 Å². The Bertz CT molecular complexity index is 477. The molecule has 2 aromatic carbocycles. The minimum atomic E-state index is -0.244. The Balaban J connectivity index is 2.23. The molecule has 1 unspecified atom stereocenters. The lowest BCUT2D eigenvalue weighted by atomic mass is 9.99. The van der Waals surface area contributed by atoms with E-state index in [1.165, 1.54) is 12.1 Å². The number of rotatable bonds is 3. The molecule has 3 N–H and O–H groups in total. The molecular weight excluding hydrogens is 215 g/mol. The molecule has 2 aromatic rings. The highest BCUT2D eigenvalue weighted by Gasteiger charge is 2.08. The van der Waals surface area contributed by atoms with Gasteiger partial charge in [0.1, 0.15) is 5.82 Å². The lowest BCUT2D eigenvalue weighted by molar-refractivity contribution is 0.626. The summed E-state index contributed by atoms with van der Waals surface area (Å²) in [6.45, 7) is 0. The number of nitrogens with one attached hydrogen (secondary N) is 1. The van der Waals surface area contributed by atoms with Crippen LogP contribution in [0.15, 0.2) is 48.5 Å². The predicted molar refractivity (Wildman–Crippen MR) is 68.4 cm³/mol. The van der Waals surface area contributed by atoms with Crippen molar-refractivity contribution >= 4 is 5.69 Å². The molecule has 0 aliphatic heterocycles. The van der Waals surface area contributed by atoms with Gasteiger partial charge < -0.3 is 11.1 Å². The molecule has 88 valence electrons. The van der Waals surface area contributed by atoms with Crippen LogP contribution in [-0.4, -0.2) is 7.05 Å². The third-order valence-electron chi connectivity index (χ3n) is 2.79. The SMILES string of the molecule is CNc1ccc(C(N)c2ccc(F)cc2)cc1. The smallest absolute Gasteiger partial charge is 0.123 e. The van der Waals surface area contributed by atoms with Crippen LogP contribution < -0.4 is 11.1 Å². The molecule has 0 heterocycles. The Morgan fingerprint density at radius 3 is 1.88 bits per heavy atom. The van der Waals surface area contributed by atoms with Crippen LogP contribution in [0.5, 0.6) is 0 Å². The van der Waals surface area contributed by atoms with Gasteiger partial charge in [-0.25, -0.2) is 4.39 Å². The van der Waals surface area contributed by atoms with E-state index in [1.807, 2.05) is 31.3 Å². The minimum Gasteiger partial charge on any atom is -0.388 e. The molecule has 0 saturated heterocycles. The van der Waals surface area contributed by atoms with Crippen molar-refractivity contribution in [1.82, 2.24) is 0 Å². The molecule has 0 amide bonds. The summed E-state index contributed by atoms with van der Waals surface area (Å²) in [5.41, 5.74) is 9.07. The molecule has 0 bridgehead atoms. The fraction of sp³-hybridized carbons (Fsp3) is 0.143. The average molecular weight is 230 g/mol. The second-order valence-electron chi connectivity index (χ2n) is 3.90. The van der Waals surface area contributed by atoms with Crippen molar-refractivity contribution in [1.29, 1.82) is 0 Å². The number of benzene rings is 2. The van der Waals surface area contributed by atoms with Crippen LogP contribution in [0.3, 0.4) is 0 Å². The average Bonchev–Trinajstić information content (AvgIpc) is 2.39. The van der Waals surface area contributed by atoms with Crippen molar-refractivity contribution in [3.05, 3.63) is 65.5 Å². The zero-order valence-corrected chi connectivity index (χ0v) is 9.65. The highest BCUT2D eigenvalue weighted by molar-refractivity contribution is 5.45. The minimum absolute atomic E-state index is 0.221. The van der Waals surface area contributed by atoms with Crippen molar-refractivity contribution < 1.29 is 4.39 Å². The van der Waals surface area contributed by atoms with E-state index >= 15 is 0 Å². The molecular formula is C14H15FN2. The summed E-state index contributed by atoms with van der Waals surface area (Å²) in [5.74, 6) is -0.244. The van der Waals surface area contributed by atoms with Gasteiger partial charge in [-0.3, -0.25) is 0 Å². The topological polar surface area (TPSA) is 38.0 Å². The number of hydrogen-bond donors (Lipinski definition) is 2. The highest BCUT2D eigenvalue weighted by Crippen LogP contribution is 2.21. The standard InChI is InChI=1S/C14H15FN2/c1-17-13-8-4-11(5-9-13)14(16)10-2-6-12(15)7-3-10/h2-9,14,17H,16H2,1H3. The third kappa shape index (κ3) is 2.63. The summed E-state index contributed by atoms with van der Waals surface area (Å²) in [7, 11) is 1.87. The number of nitrogens with two attached hydrogens (primary N) is 1. The van der Waals surface area contributed by atoms with Crippen LogP contribution in [0.2, 0.25) is 0 Å². The fourth-order valence-corrected chi connectivity index (χ4v) is 1.72. The summed E-state index contributed by atoms with van der Waals surface area (Å²) >= 11 is 0. The van der Waals surface area contributed by atoms with Crippen molar-refractivity contribution in [2.24, 2.45) is 5.73 Å². The van der Waals surface area contributed by atoms with E-state index < -0.39 is 0 Å². The maximum absolute atomic E-state index is 12.8.